The van der Waals surface area contributed by atoms with E-state index in [1.807, 2.05) is 0 Å². The van der Waals surface area contributed by atoms with Crippen LogP contribution in [0, 0.1) is 6.92 Å². The summed E-state index contributed by atoms with van der Waals surface area (Å²) in [7, 11) is 0. The number of nitrogens with zero attached hydrogens (tertiary/aromatic N) is 2. The molecule has 0 bridgehead atoms. The number of alkyl halides is 3. The maximum atomic E-state index is 13.1. The summed E-state index contributed by atoms with van der Waals surface area (Å²) in [6, 6.07) is 0. The minimum atomic E-state index is -4.26. The molecule has 0 unspecified atom stereocenters. The molecule has 2 aromatic heterocycles. The number of rotatable bonds is 3. The fraction of sp³-hybridized carbons (Fsp3) is 0.462. The highest BCUT2D eigenvalue weighted by molar-refractivity contribution is 7.19. The van der Waals surface area contributed by atoms with Crippen molar-refractivity contribution in [3.05, 3.63) is 16.1 Å². The molecule has 3 rings (SSSR count). The van der Waals surface area contributed by atoms with E-state index < -0.39 is 11.6 Å². The Bertz CT molecular complexity index is 731. The second kappa shape index (κ2) is 5.02. The molecule has 0 spiro atoms. The smallest absolute Gasteiger partial charge is 0.302 e. The highest BCUT2D eigenvalue weighted by Gasteiger charge is 2.66. The summed E-state index contributed by atoms with van der Waals surface area (Å²) in [5, 5.41) is 4.74. The zero-order valence-corrected chi connectivity index (χ0v) is 13.4. The molecular weight excluding hydrogens is 335 g/mol. The monoisotopic (exact) mass is 347 g/mol. The number of anilines is 1. The predicted octanol–water partition coefficient (Wildman–Crippen LogP) is 4.13. The van der Waals surface area contributed by atoms with Crippen LogP contribution in [0.1, 0.15) is 30.5 Å². The van der Waals surface area contributed by atoms with Gasteiger partial charge in [0.25, 0.3) is 0 Å². The minimum Gasteiger partial charge on any atom is -0.302 e. The summed E-state index contributed by atoms with van der Waals surface area (Å²) in [4.78, 5) is 20.1. The Kier molecular flexibility index (Phi) is 3.52. The molecule has 22 heavy (non-hydrogen) atoms. The minimum absolute atomic E-state index is 0.0995. The summed E-state index contributed by atoms with van der Waals surface area (Å²) in [6.45, 7) is 3.12. The number of hydrogen-bond acceptors (Lipinski definition) is 5. The molecule has 0 aromatic carbocycles. The van der Waals surface area contributed by atoms with Gasteiger partial charge in [0.15, 0.2) is 5.13 Å². The number of nitrogens with one attached hydrogen (secondary N) is 1. The average molecular weight is 347 g/mol. The number of hydrogen-bond donors (Lipinski definition) is 1. The molecule has 2 heterocycles. The van der Waals surface area contributed by atoms with Gasteiger partial charge in [-0.05, 0) is 19.8 Å². The summed E-state index contributed by atoms with van der Waals surface area (Å²) in [5.74, 6) is -0.242. The van der Waals surface area contributed by atoms with Gasteiger partial charge in [0.2, 0.25) is 5.91 Å². The second-order valence-electron chi connectivity index (χ2n) is 5.23. The van der Waals surface area contributed by atoms with E-state index in [0.717, 1.165) is 11.3 Å². The van der Waals surface area contributed by atoms with Crippen molar-refractivity contribution >= 4 is 33.7 Å². The Morgan fingerprint density at radius 3 is 2.59 bits per heavy atom. The quantitative estimate of drug-likeness (QED) is 0.908. The van der Waals surface area contributed by atoms with Crippen LogP contribution < -0.4 is 5.32 Å². The van der Waals surface area contributed by atoms with E-state index in [4.69, 9.17) is 0 Å². The normalized spacial score (nSPS) is 16.6. The molecule has 1 aliphatic carbocycles. The van der Waals surface area contributed by atoms with Crippen molar-refractivity contribution in [1.82, 2.24) is 9.97 Å². The van der Waals surface area contributed by atoms with E-state index in [1.165, 1.54) is 18.3 Å². The third-order valence-corrected chi connectivity index (χ3v) is 5.66. The standard InChI is InChI=1S/C13H12F3N3OS2/c1-6-9(22-11(17-6)18-7(2)20)8-5-21-10(19-8)12(3-4-12)13(14,15)16/h5H,3-4H2,1-2H3,(H,17,18,20). The van der Waals surface area contributed by atoms with Gasteiger partial charge in [-0.25, -0.2) is 9.97 Å². The molecular formula is C13H12F3N3OS2. The van der Waals surface area contributed by atoms with Gasteiger partial charge in [-0.3, -0.25) is 4.79 Å². The first-order valence-corrected chi connectivity index (χ1v) is 8.21. The first kappa shape index (κ1) is 15.4. The number of carbonyl (C=O) groups excluding carboxylic acids is 1. The van der Waals surface area contributed by atoms with Crippen molar-refractivity contribution in [3.63, 3.8) is 0 Å². The summed E-state index contributed by atoms with van der Waals surface area (Å²) in [5.41, 5.74) is -0.626. The molecule has 1 amide bonds. The first-order chi connectivity index (χ1) is 10.2. The highest BCUT2D eigenvalue weighted by Crippen LogP contribution is 2.59. The Morgan fingerprint density at radius 1 is 1.36 bits per heavy atom. The van der Waals surface area contributed by atoms with Crippen molar-refractivity contribution in [3.8, 4) is 10.6 Å². The first-order valence-electron chi connectivity index (χ1n) is 6.51. The number of thiazole rings is 2. The van der Waals surface area contributed by atoms with Crippen LogP contribution in [-0.2, 0) is 10.2 Å². The van der Waals surface area contributed by atoms with Crippen molar-refractivity contribution < 1.29 is 18.0 Å². The average Bonchev–Trinajstić information content (AvgIpc) is 2.94. The van der Waals surface area contributed by atoms with Crippen molar-refractivity contribution in [2.45, 2.75) is 38.3 Å². The van der Waals surface area contributed by atoms with Crippen LogP contribution in [0.15, 0.2) is 5.38 Å². The molecule has 1 aliphatic rings. The maximum absolute atomic E-state index is 13.1. The molecule has 1 saturated carbocycles. The molecule has 0 saturated heterocycles. The van der Waals surface area contributed by atoms with Crippen molar-refractivity contribution in [2.75, 3.05) is 5.32 Å². The lowest BCUT2D eigenvalue weighted by Crippen LogP contribution is -2.28. The topological polar surface area (TPSA) is 54.9 Å². The lowest BCUT2D eigenvalue weighted by Gasteiger charge is -2.15. The van der Waals surface area contributed by atoms with Crippen LogP contribution in [0.2, 0.25) is 0 Å². The molecule has 0 atom stereocenters. The predicted molar refractivity (Wildman–Crippen MR) is 79.2 cm³/mol. The van der Waals surface area contributed by atoms with Crippen LogP contribution in [0.3, 0.4) is 0 Å². The van der Waals surface area contributed by atoms with Gasteiger partial charge in [0.1, 0.15) is 10.4 Å². The van der Waals surface area contributed by atoms with Crippen LogP contribution >= 0.6 is 22.7 Å². The summed E-state index contributed by atoms with van der Waals surface area (Å²) in [6.07, 6.45) is -4.06. The van der Waals surface area contributed by atoms with Gasteiger partial charge in [-0.2, -0.15) is 13.2 Å². The van der Waals surface area contributed by atoms with Gasteiger partial charge in [-0.15, -0.1) is 11.3 Å². The second-order valence-corrected chi connectivity index (χ2v) is 7.09. The Morgan fingerprint density at radius 2 is 2.05 bits per heavy atom. The molecule has 4 nitrogen and oxygen atoms in total. The van der Waals surface area contributed by atoms with E-state index in [1.54, 1.807) is 12.3 Å². The number of carbonyl (C=O) groups is 1. The zero-order chi connectivity index (χ0) is 16.1. The fourth-order valence-electron chi connectivity index (χ4n) is 2.18. The molecule has 2 aromatic rings. The van der Waals surface area contributed by atoms with Crippen molar-refractivity contribution in [1.29, 1.82) is 0 Å². The van der Waals surface area contributed by atoms with Gasteiger partial charge in [0.05, 0.1) is 16.3 Å². The van der Waals surface area contributed by atoms with E-state index in [2.05, 4.69) is 15.3 Å². The zero-order valence-electron chi connectivity index (χ0n) is 11.7. The SMILES string of the molecule is CC(=O)Nc1nc(C)c(-c2csc(C3(C(F)(F)F)CC3)n2)s1. The molecule has 1 fully saturated rings. The van der Waals surface area contributed by atoms with E-state index >= 15 is 0 Å². The molecule has 9 heteroatoms. The maximum Gasteiger partial charge on any atom is 0.400 e. The largest absolute Gasteiger partial charge is 0.400 e. The third-order valence-electron chi connectivity index (χ3n) is 3.52. The molecule has 0 radical (unpaired) electrons. The number of aromatic nitrogens is 2. The van der Waals surface area contributed by atoms with Crippen LogP contribution in [0.5, 0.6) is 0 Å². The Hall–Kier alpha value is -1.48. The van der Waals surface area contributed by atoms with Crippen LogP contribution in [-0.4, -0.2) is 22.1 Å². The van der Waals surface area contributed by atoms with E-state index in [0.29, 0.717) is 21.4 Å². The van der Waals surface area contributed by atoms with Crippen LogP contribution in [0.25, 0.3) is 10.6 Å². The lowest BCUT2D eigenvalue weighted by atomic mass is 10.1. The molecule has 0 aliphatic heterocycles. The Balaban J connectivity index is 1.92. The fourth-order valence-corrected chi connectivity index (χ4v) is 4.32. The highest BCUT2D eigenvalue weighted by atomic mass is 32.1. The molecule has 118 valence electrons. The number of aryl methyl sites for hydroxylation is 1. The number of amides is 1. The molecule has 1 N–H and O–H groups in total. The Labute approximate surface area is 132 Å². The van der Waals surface area contributed by atoms with E-state index in [-0.39, 0.29) is 23.8 Å². The summed E-state index contributed by atoms with van der Waals surface area (Å²) < 4.78 is 39.4. The van der Waals surface area contributed by atoms with Gasteiger partial charge in [0, 0.05) is 12.3 Å². The van der Waals surface area contributed by atoms with Gasteiger partial charge >= 0.3 is 6.18 Å². The van der Waals surface area contributed by atoms with Crippen LogP contribution in [0.4, 0.5) is 18.3 Å². The van der Waals surface area contributed by atoms with Gasteiger partial charge in [-0.1, -0.05) is 11.3 Å². The lowest BCUT2D eigenvalue weighted by molar-refractivity contribution is -0.160. The van der Waals surface area contributed by atoms with Gasteiger partial charge < -0.3 is 5.32 Å². The van der Waals surface area contributed by atoms with Crippen molar-refractivity contribution in [2.24, 2.45) is 0 Å². The third kappa shape index (κ3) is 2.52. The number of halogens is 3. The summed E-state index contributed by atoms with van der Waals surface area (Å²) >= 11 is 2.25. The van der Waals surface area contributed by atoms with E-state index in [9.17, 15) is 18.0 Å².